The molecule has 0 fully saturated rings. The maximum Gasteiger partial charge on any atom is 0.235 e. The van der Waals surface area contributed by atoms with E-state index in [4.69, 9.17) is 0 Å². The molecule has 0 aliphatic rings. The van der Waals surface area contributed by atoms with Gasteiger partial charge in [-0.15, -0.1) is 0 Å². The van der Waals surface area contributed by atoms with E-state index in [0.29, 0.717) is 36.3 Å². The van der Waals surface area contributed by atoms with Crippen molar-refractivity contribution in [3.8, 4) is 0 Å². The molecule has 3 rings (SSSR count). The molecule has 1 heterocycles. The first-order chi connectivity index (χ1) is 17.8. The largest absolute Gasteiger partial charge is 0.368 e. The molecular weight excluding hydrogens is 476 g/mol. The highest BCUT2D eigenvalue weighted by Crippen LogP contribution is 2.26. The number of benzene rings is 2. The molecule has 0 aliphatic heterocycles. The van der Waals surface area contributed by atoms with E-state index >= 15 is 0 Å². The Morgan fingerprint density at radius 2 is 1.86 bits per heavy atom. The van der Waals surface area contributed by atoms with Crippen LogP contribution in [0.1, 0.15) is 28.2 Å². The Bertz CT molecular complexity index is 1160. The van der Waals surface area contributed by atoms with Crippen molar-refractivity contribution >= 4 is 24.1 Å². The van der Waals surface area contributed by atoms with Crippen LogP contribution >= 0.6 is 0 Å². The van der Waals surface area contributed by atoms with Gasteiger partial charge in [-0.25, -0.2) is 8.78 Å². The minimum atomic E-state index is -0.717. The van der Waals surface area contributed by atoms with Crippen molar-refractivity contribution in [3.63, 3.8) is 0 Å². The first kappa shape index (κ1) is 29.3. The maximum atomic E-state index is 14.8. The quantitative estimate of drug-likeness (QED) is 0.343. The van der Waals surface area contributed by atoms with Gasteiger partial charge in [-0.2, -0.15) is 0 Å². The summed E-state index contributed by atoms with van der Waals surface area (Å²) in [6.45, 7) is 4.75. The first-order valence-corrected chi connectivity index (χ1v) is 11.7. The molecule has 1 unspecified atom stereocenters. The summed E-state index contributed by atoms with van der Waals surface area (Å²) < 4.78 is 28.1. The van der Waals surface area contributed by atoms with E-state index in [1.54, 1.807) is 36.5 Å². The van der Waals surface area contributed by atoms with Crippen molar-refractivity contribution in [2.45, 2.75) is 19.0 Å². The van der Waals surface area contributed by atoms with Crippen molar-refractivity contribution < 1.29 is 18.4 Å². The second kappa shape index (κ2) is 15.2. The highest BCUT2D eigenvalue weighted by molar-refractivity contribution is 5.91. The summed E-state index contributed by atoms with van der Waals surface area (Å²) in [6.07, 6.45) is 5.30. The van der Waals surface area contributed by atoms with Crippen LogP contribution < -0.4 is 20.9 Å². The van der Waals surface area contributed by atoms with Crippen LogP contribution in [-0.4, -0.2) is 45.0 Å². The van der Waals surface area contributed by atoms with Crippen LogP contribution in [0.15, 0.2) is 67.5 Å². The molecule has 1 aromatic heterocycles. The fourth-order valence-corrected chi connectivity index (χ4v) is 3.67. The Kier molecular flexibility index (Phi) is 12.0. The Hall–Kier alpha value is -3.95. The van der Waals surface area contributed by atoms with Crippen LogP contribution in [0.3, 0.4) is 0 Å². The van der Waals surface area contributed by atoms with Crippen molar-refractivity contribution in [3.05, 3.63) is 101 Å². The molecule has 9 heteroatoms. The maximum absolute atomic E-state index is 14.8. The van der Waals surface area contributed by atoms with Gasteiger partial charge in [0, 0.05) is 39.1 Å². The second-order valence-electron chi connectivity index (χ2n) is 8.29. The van der Waals surface area contributed by atoms with E-state index in [9.17, 15) is 18.4 Å². The molecular formula is C28H33F2N5O2. The van der Waals surface area contributed by atoms with Gasteiger partial charge in [0.15, 0.2) is 0 Å². The van der Waals surface area contributed by atoms with Gasteiger partial charge in [0.2, 0.25) is 12.3 Å². The third kappa shape index (κ3) is 8.89. The molecule has 37 heavy (non-hydrogen) atoms. The van der Waals surface area contributed by atoms with Crippen LogP contribution in [-0.2, 0) is 22.7 Å². The predicted molar refractivity (Wildman–Crippen MR) is 143 cm³/mol. The van der Waals surface area contributed by atoms with Crippen LogP contribution in [0.4, 0.5) is 14.5 Å². The molecule has 0 saturated heterocycles. The Balaban J connectivity index is 0.00000153. The highest BCUT2D eigenvalue weighted by Gasteiger charge is 2.21. The number of imide groups is 1. The lowest BCUT2D eigenvalue weighted by molar-refractivity contribution is -0.126. The minimum Gasteiger partial charge on any atom is -0.368 e. The number of hydrogen-bond donors (Lipinski definition) is 3. The zero-order valence-corrected chi connectivity index (χ0v) is 21.3. The number of pyridine rings is 1. The molecule has 0 radical (unpaired) electrons. The summed E-state index contributed by atoms with van der Waals surface area (Å²) in [5.41, 5.74) is 3.34. The fraction of sp³-hybridized carbons (Fsp3) is 0.250. The molecule has 0 bridgehead atoms. The van der Waals surface area contributed by atoms with Gasteiger partial charge < -0.3 is 15.5 Å². The van der Waals surface area contributed by atoms with E-state index in [0.717, 1.165) is 11.1 Å². The molecule has 7 nitrogen and oxygen atoms in total. The number of nitrogens with zero attached hydrogens (tertiary/aromatic N) is 2. The standard InChI is InChI=1S/C26H26F2N4O2.C2H7N/c1-3-19-11-24(28)25(32(2)16-18-5-4-10-29-13-18)12-21(19)14-30-15-23(26(34)31-17-33)20-6-8-22(27)9-7-20;1-3-2/h3-13,17,23,30H,1,14-16H2,2H3,(H,31,33,34);3H,1-2H3. The fourth-order valence-electron chi connectivity index (χ4n) is 3.67. The lowest BCUT2D eigenvalue weighted by Crippen LogP contribution is -2.34. The Morgan fingerprint density at radius 3 is 2.46 bits per heavy atom. The number of anilines is 1. The topological polar surface area (TPSA) is 86.4 Å². The lowest BCUT2D eigenvalue weighted by Gasteiger charge is -2.22. The van der Waals surface area contributed by atoms with Crippen LogP contribution in [0.25, 0.3) is 6.08 Å². The summed E-state index contributed by atoms with van der Waals surface area (Å²) in [6, 6.07) is 12.4. The molecule has 3 N–H and O–H groups in total. The van der Waals surface area contributed by atoms with E-state index in [2.05, 4.69) is 27.5 Å². The molecule has 1 atom stereocenters. The summed E-state index contributed by atoms with van der Waals surface area (Å²) in [5.74, 6) is -2.02. The number of halogens is 2. The van der Waals surface area contributed by atoms with Gasteiger partial charge in [-0.05, 0) is 66.7 Å². The van der Waals surface area contributed by atoms with Crippen molar-refractivity contribution in [1.82, 2.24) is 20.9 Å². The third-order valence-electron chi connectivity index (χ3n) is 5.44. The van der Waals surface area contributed by atoms with Crippen LogP contribution in [0.2, 0.25) is 0 Å². The van der Waals surface area contributed by atoms with E-state index in [-0.39, 0.29) is 12.4 Å². The zero-order chi connectivity index (χ0) is 27.2. The summed E-state index contributed by atoms with van der Waals surface area (Å²) >= 11 is 0. The molecule has 2 aromatic carbocycles. The summed E-state index contributed by atoms with van der Waals surface area (Å²) in [7, 11) is 5.55. The monoisotopic (exact) mass is 509 g/mol. The van der Waals surface area contributed by atoms with Gasteiger partial charge in [-0.1, -0.05) is 30.9 Å². The highest BCUT2D eigenvalue weighted by atomic mass is 19.1. The predicted octanol–water partition coefficient (Wildman–Crippen LogP) is 3.62. The lowest BCUT2D eigenvalue weighted by atomic mass is 9.97. The smallest absolute Gasteiger partial charge is 0.235 e. The summed E-state index contributed by atoms with van der Waals surface area (Å²) in [4.78, 5) is 29.1. The number of carbonyl (C=O) groups is 2. The second-order valence-corrected chi connectivity index (χ2v) is 8.29. The number of nitrogens with one attached hydrogen (secondary N) is 3. The van der Waals surface area contributed by atoms with Crippen molar-refractivity contribution in [1.29, 1.82) is 0 Å². The number of carbonyl (C=O) groups excluding carboxylic acids is 2. The van der Waals surface area contributed by atoms with Crippen molar-refractivity contribution in [2.75, 3.05) is 32.6 Å². The number of hydrogen-bond acceptors (Lipinski definition) is 6. The normalized spacial score (nSPS) is 11.1. The molecule has 196 valence electrons. The Morgan fingerprint density at radius 1 is 1.16 bits per heavy atom. The van der Waals surface area contributed by atoms with E-state index in [1.807, 2.05) is 26.2 Å². The van der Waals surface area contributed by atoms with Crippen LogP contribution in [0.5, 0.6) is 0 Å². The number of rotatable bonds is 11. The average Bonchev–Trinajstić information content (AvgIpc) is 2.89. The number of aromatic nitrogens is 1. The van der Waals surface area contributed by atoms with Gasteiger partial charge >= 0.3 is 0 Å². The molecule has 3 aromatic rings. The van der Waals surface area contributed by atoms with E-state index in [1.165, 1.54) is 30.3 Å². The van der Waals surface area contributed by atoms with Gasteiger partial charge in [-0.3, -0.25) is 19.9 Å². The average molecular weight is 510 g/mol. The number of amides is 2. The van der Waals surface area contributed by atoms with Crippen molar-refractivity contribution in [2.24, 2.45) is 0 Å². The first-order valence-electron chi connectivity index (χ1n) is 11.7. The van der Waals surface area contributed by atoms with Crippen LogP contribution in [0, 0.1) is 11.6 Å². The minimum absolute atomic E-state index is 0.181. The third-order valence-corrected chi connectivity index (χ3v) is 5.44. The Labute approximate surface area is 216 Å². The molecule has 0 spiro atoms. The molecule has 0 aliphatic carbocycles. The molecule has 0 saturated carbocycles. The van der Waals surface area contributed by atoms with Gasteiger partial charge in [0.1, 0.15) is 11.6 Å². The SMILES string of the molecule is C=Cc1cc(F)c(N(C)Cc2cccnc2)cc1CNCC(C(=O)NC=O)c1ccc(F)cc1.CNC. The van der Waals surface area contributed by atoms with E-state index < -0.39 is 17.6 Å². The molecule has 2 amide bonds. The van der Waals surface area contributed by atoms with Gasteiger partial charge in [0.25, 0.3) is 0 Å². The summed E-state index contributed by atoms with van der Waals surface area (Å²) in [5, 5.41) is 8.10. The van der Waals surface area contributed by atoms with Gasteiger partial charge in [0.05, 0.1) is 11.6 Å². The zero-order valence-electron chi connectivity index (χ0n) is 21.3.